The highest BCUT2D eigenvalue weighted by molar-refractivity contribution is 7.93. The highest BCUT2D eigenvalue weighted by atomic mass is 32.2. The second-order valence-electron chi connectivity index (χ2n) is 4.02. The van der Waals surface area contributed by atoms with Crippen molar-refractivity contribution in [1.29, 1.82) is 0 Å². The van der Waals surface area contributed by atoms with Crippen molar-refractivity contribution in [1.82, 2.24) is 4.98 Å². The lowest BCUT2D eigenvalue weighted by Gasteiger charge is -2.16. The maximum absolute atomic E-state index is 12.1. The molecule has 10 heteroatoms. The average Bonchev–Trinajstić information content (AvgIpc) is 2.72. The zero-order valence-corrected chi connectivity index (χ0v) is 12.0. The molecule has 0 fully saturated rings. The van der Waals surface area contributed by atoms with Crippen molar-refractivity contribution in [3.63, 3.8) is 0 Å². The molecule has 0 aliphatic carbocycles. The van der Waals surface area contributed by atoms with E-state index in [0.717, 1.165) is 18.3 Å². The molecule has 1 aromatic heterocycles. The molecule has 0 saturated carbocycles. The van der Waals surface area contributed by atoms with Crippen LogP contribution in [0.2, 0.25) is 0 Å². The molecular weight excluding hydrogens is 294 g/mol. The number of carbonyl (C=O) groups is 1. The van der Waals surface area contributed by atoms with E-state index in [-0.39, 0.29) is 14.9 Å². The summed E-state index contributed by atoms with van der Waals surface area (Å²) in [5.74, 6) is -0.722. The fraction of sp³-hybridized carbons (Fsp3) is 0.556. The van der Waals surface area contributed by atoms with Gasteiger partial charge in [0.1, 0.15) is 14.8 Å². The minimum Gasteiger partial charge on any atom is -0.393 e. The lowest BCUT2D eigenvalue weighted by Crippen LogP contribution is -2.25. The molecule has 108 valence electrons. The van der Waals surface area contributed by atoms with Crippen LogP contribution in [-0.4, -0.2) is 37.0 Å². The van der Waals surface area contributed by atoms with Gasteiger partial charge in [-0.05, 0) is 6.92 Å². The van der Waals surface area contributed by atoms with Crippen LogP contribution in [-0.2, 0) is 26.9 Å². The van der Waals surface area contributed by atoms with Crippen molar-refractivity contribution in [2.75, 3.05) is 6.61 Å². The molecule has 5 N–H and O–H groups in total. The third kappa shape index (κ3) is 3.55. The Kier molecular flexibility index (Phi) is 4.76. The third-order valence-corrected chi connectivity index (χ3v) is 5.52. The van der Waals surface area contributed by atoms with Crippen molar-refractivity contribution in [2.45, 2.75) is 30.3 Å². The number of thiazole rings is 1. The van der Waals surface area contributed by atoms with Crippen molar-refractivity contribution < 1.29 is 24.3 Å². The van der Waals surface area contributed by atoms with Crippen LogP contribution in [0, 0.1) is 0 Å². The fourth-order valence-electron chi connectivity index (χ4n) is 1.20. The van der Waals surface area contributed by atoms with Crippen LogP contribution in [0.1, 0.15) is 24.5 Å². The summed E-state index contributed by atoms with van der Waals surface area (Å²) in [5.41, 5.74) is -1.69. The molecule has 19 heavy (non-hydrogen) atoms. The molecule has 2 atom stereocenters. The largest absolute Gasteiger partial charge is 0.393 e. The van der Waals surface area contributed by atoms with E-state index in [4.69, 9.17) is 15.4 Å². The zero-order chi connectivity index (χ0) is 14.8. The lowest BCUT2D eigenvalue weighted by atomic mass is 10.1. The van der Waals surface area contributed by atoms with Crippen LogP contribution in [0.25, 0.3) is 0 Å². The van der Waals surface area contributed by atoms with E-state index in [2.05, 4.69) is 9.35 Å². The number of nitrogens with zero attached hydrogens (tertiary/aromatic N) is 2. The fourth-order valence-corrected chi connectivity index (χ4v) is 3.78. The van der Waals surface area contributed by atoms with Gasteiger partial charge in [0, 0.05) is 6.92 Å². The van der Waals surface area contributed by atoms with Crippen LogP contribution < -0.4 is 5.14 Å². The Bertz CT molecular complexity index is 601. The molecule has 1 amide bonds. The van der Waals surface area contributed by atoms with E-state index in [9.17, 15) is 14.1 Å². The normalized spacial score (nSPS) is 17.6. The molecule has 8 nitrogen and oxygen atoms in total. The van der Waals surface area contributed by atoms with Gasteiger partial charge < -0.3 is 15.3 Å². The number of amides is 1. The van der Waals surface area contributed by atoms with Gasteiger partial charge in [0.2, 0.25) is 0 Å². The molecule has 0 spiro atoms. The van der Waals surface area contributed by atoms with Crippen molar-refractivity contribution in [3.05, 3.63) is 10.7 Å². The second kappa shape index (κ2) is 5.61. The smallest absolute Gasteiger partial charge is 0.251 e. The van der Waals surface area contributed by atoms with E-state index < -0.39 is 34.6 Å². The monoisotopic (exact) mass is 309 g/mol. The number of nitrogens with two attached hydrogens (primary N) is 1. The molecular formula is C9H15N3O5S2. The highest BCUT2D eigenvalue weighted by Gasteiger charge is 2.30. The Morgan fingerprint density at radius 2 is 2.16 bits per heavy atom. The predicted octanol–water partition coefficient (Wildman–Crippen LogP) is -0.918. The standard InChI is InChI=1S/C9H15N3O5S2/c1-5(15)12-19(10,17)7-6(3-13)11-8(18-7)9(2,16)4-14/h13-14,16H,3-4H2,1-2H3,(H2,10,12,15,17)/t9-,19?/m0/s1. The first kappa shape index (κ1) is 16.1. The quantitative estimate of drug-likeness (QED) is 0.566. The lowest BCUT2D eigenvalue weighted by molar-refractivity contribution is -0.115. The highest BCUT2D eigenvalue weighted by Crippen LogP contribution is 2.31. The summed E-state index contributed by atoms with van der Waals surface area (Å²) >= 11 is 0.737. The van der Waals surface area contributed by atoms with Gasteiger partial charge in [-0.1, -0.05) is 0 Å². The number of aliphatic hydroxyl groups is 3. The minimum absolute atomic E-state index is 0.0333. The third-order valence-electron chi connectivity index (χ3n) is 2.11. The van der Waals surface area contributed by atoms with Crippen molar-refractivity contribution in [2.24, 2.45) is 9.50 Å². The molecule has 0 radical (unpaired) electrons. The van der Waals surface area contributed by atoms with Crippen molar-refractivity contribution >= 4 is 27.2 Å². The summed E-state index contributed by atoms with van der Waals surface area (Å²) in [5, 5.41) is 33.6. The number of aliphatic hydroxyl groups excluding tert-OH is 2. The first-order chi connectivity index (χ1) is 8.64. The van der Waals surface area contributed by atoms with Gasteiger partial charge >= 0.3 is 0 Å². The number of rotatable bonds is 4. The minimum atomic E-state index is -3.52. The van der Waals surface area contributed by atoms with Gasteiger partial charge in [0.05, 0.1) is 18.9 Å². The van der Waals surface area contributed by atoms with Crippen LogP contribution in [0.3, 0.4) is 0 Å². The van der Waals surface area contributed by atoms with E-state index in [0.29, 0.717) is 0 Å². The zero-order valence-electron chi connectivity index (χ0n) is 10.4. The molecule has 0 aliphatic rings. The molecule has 0 bridgehead atoms. The molecule has 1 heterocycles. The van der Waals surface area contributed by atoms with Gasteiger partial charge in [-0.15, -0.1) is 15.7 Å². The number of hydrogen-bond acceptors (Lipinski definition) is 7. The van der Waals surface area contributed by atoms with Crippen LogP contribution in [0.4, 0.5) is 0 Å². The Balaban J connectivity index is 3.46. The van der Waals surface area contributed by atoms with E-state index in [1.54, 1.807) is 0 Å². The first-order valence-electron chi connectivity index (χ1n) is 5.14. The van der Waals surface area contributed by atoms with Gasteiger partial charge in [-0.25, -0.2) is 14.3 Å². The second-order valence-corrected chi connectivity index (χ2v) is 7.01. The van der Waals surface area contributed by atoms with E-state index in [1.165, 1.54) is 6.92 Å². The summed E-state index contributed by atoms with van der Waals surface area (Å²) in [6.45, 7) is 1.21. The van der Waals surface area contributed by atoms with Gasteiger partial charge in [-0.3, -0.25) is 4.79 Å². The number of hydrogen-bond donors (Lipinski definition) is 4. The summed E-state index contributed by atoms with van der Waals surface area (Å²) < 4.78 is 15.3. The molecule has 1 aromatic rings. The maximum atomic E-state index is 12.1. The van der Waals surface area contributed by atoms with E-state index >= 15 is 0 Å². The molecule has 0 aliphatic heterocycles. The maximum Gasteiger partial charge on any atom is 0.251 e. The predicted molar refractivity (Wildman–Crippen MR) is 68.4 cm³/mol. The first-order valence-corrected chi connectivity index (χ1v) is 7.53. The summed E-state index contributed by atoms with van der Waals surface area (Å²) in [6.07, 6.45) is 0. The Hall–Kier alpha value is -0.910. The van der Waals surface area contributed by atoms with E-state index in [1.807, 2.05) is 0 Å². The van der Waals surface area contributed by atoms with Gasteiger partial charge in [-0.2, -0.15) is 0 Å². The van der Waals surface area contributed by atoms with Gasteiger partial charge in [0.15, 0.2) is 9.92 Å². The molecule has 1 unspecified atom stereocenters. The molecule has 1 rings (SSSR count). The topological polar surface area (TPSA) is 146 Å². The van der Waals surface area contributed by atoms with Crippen LogP contribution in [0.5, 0.6) is 0 Å². The molecule has 0 saturated heterocycles. The Morgan fingerprint density at radius 3 is 2.58 bits per heavy atom. The molecule has 0 aromatic carbocycles. The Morgan fingerprint density at radius 1 is 1.58 bits per heavy atom. The summed E-state index contributed by atoms with van der Waals surface area (Å²) in [7, 11) is -3.52. The van der Waals surface area contributed by atoms with Gasteiger partial charge in [0.25, 0.3) is 5.91 Å². The number of carbonyl (C=O) groups excluding carboxylic acids is 1. The number of aromatic nitrogens is 1. The average molecular weight is 309 g/mol. The Labute approximate surface area is 114 Å². The summed E-state index contributed by atoms with van der Waals surface area (Å²) in [6, 6.07) is 0. The van der Waals surface area contributed by atoms with Crippen LogP contribution >= 0.6 is 11.3 Å². The van der Waals surface area contributed by atoms with Crippen molar-refractivity contribution in [3.8, 4) is 0 Å². The summed E-state index contributed by atoms with van der Waals surface area (Å²) in [4.78, 5) is 14.8. The van der Waals surface area contributed by atoms with Crippen LogP contribution in [0.15, 0.2) is 8.57 Å². The SMILES string of the molecule is CC(=O)N=S(N)(=O)c1sc([C@@](C)(O)CO)nc1CO.